The van der Waals surface area contributed by atoms with Crippen LogP contribution in [0.1, 0.15) is 83.5 Å². The molecule has 0 aliphatic heterocycles. The standard InChI is InChI=1S/C16H28O/c17-16-10-8-6-4-2-1-3-5-7-9-14-13-15(14)11-12-16/h14-15H,1-13H2. The largest absolute Gasteiger partial charge is 0.300 e. The second-order valence-electron chi connectivity index (χ2n) is 6.20. The number of fused-ring (bicyclic) bond motifs is 1. The molecule has 98 valence electrons. The second-order valence-corrected chi connectivity index (χ2v) is 6.20. The first-order valence-electron chi connectivity index (χ1n) is 7.88. The summed E-state index contributed by atoms with van der Waals surface area (Å²) in [5, 5.41) is 0. The molecule has 0 amide bonds. The lowest BCUT2D eigenvalue weighted by molar-refractivity contribution is -0.119. The topological polar surface area (TPSA) is 17.1 Å². The lowest BCUT2D eigenvalue weighted by Gasteiger charge is -2.01. The molecule has 1 nitrogen and oxygen atoms in total. The highest BCUT2D eigenvalue weighted by molar-refractivity contribution is 5.78. The molecule has 2 unspecified atom stereocenters. The van der Waals surface area contributed by atoms with Crippen LogP contribution in [0.4, 0.5) is 0 Å². The predicted octanol–water partition coefficient (Wildman–Crippen LogP) is 4.89. The predicted molar refractivity (Wildman–Crippen MR) is 72.0 cm³/mol. The van der Waals surface area contributed by atoms with Crippen molar-refractivity contribution < 1.29 is 4.79 Å². The first-order valence-corrected chi connectivity index (χ1v) is 7.88. The summed E-state index contributed by atoms with van der Waals surface area (Å²) in [4.78, 5) is 11.7. The van der Waals surface area contributed by atoms with E-state index < -0.39 is 0 Å². The van der Waals surface area contributed by atoms with E-state index in [0.717, 1.165) is 31.1 Å². The third kappa shape index (κ3) is 5.23. The van der Waals surface area contributed by atoms with Gasteiger partial charge in [-0.3, -0.25) is 4.79 Å². The maximum absolute atomic E-state index is 11.7. The first kappa shape index (κ1) is 13.1. The molecule has 0 saturated heterocycles. The van der Waals surface area contributed by atoms with Crippen molar-refractivity contribution in [1.29, 1.82) is 0 Å². The van der Waals surface area contributed by atoms with Gasteiger partial charge in [-0.1, -0.05) is 51.4 Å². The Hall–Kier alpha value is -0.330. The highest BCUT2D eigenvalue weighted by Gasteiger charge is 2.35. The Kier molecular flexibility index (Phi) is 5.54. The molecule has 2 aliphatic carbocycles. The molecule has 0 aromatic heterocycles. The van der Waals surface area contributed by atoms with E-state index in [1.807, 2.05) is 0 Å². The molecule has 2 saturated carbocycles. The molecular weight excluding hydrogens is 208 g/mol. The van der Waals surface area contributed by atoms with E-state index in [2.05, 4.69) is 0 Å². The molecule has 17 heavy (non-hydrogen) atoms. The van der Waals surface area contributed by atoms with E-state index in [1.54, 1.807) is 0 Å². The van der Waals surface area contributed by atoms with Crippen molar-refractivity contribution in [3.63, 3.8) is 0 Å². The molecule has 0 spiro atoms. The van der Waals surface area contributed by atoms with Crippen LogP contribution in [-0.4, -0.2) is 5.78 Å². The van der Waals surface area contributed by atoms with Crippen LogP contribution in [-0.2, 0) is 4.79 Å². The SMILES string of the molecule is O=C1CCCCCCCCCCC2CC2CC1. The number of hydrogen-bond donors (Lipinski definition) is 0. The number of carbonyl (C=O) groups is 1. The van der Waals surface area contributed by atoms with Crippen LogP contribution < -0.4 is 0 Å². The summed E-state index contributed by atoms with van der Waals surface area (Å²) in [6.45, 7) is 0. The average Bonchev–Trinajstić information content (AvgIpc) is 3.06. The molecule has 0 heterocycles. The third-order valence-electron chi connectivity index (χ3n) is 4.64. The fraction of sp³-hybridized carbons (Fsp3) is 0.938. The highest BCUT2D eigenvalue weighted by Crippen LogP contribution is 2.45. The lowest BCUT2D eigenvalue weighted by Crippen LogP contribution is -1.98. The Morgan fingerprint density at radius 2 is 1.24 bits per heavy atom. The maximum Gasteiger partial charge on any atom is 0.132 e. The summed E-state index contributed by atoms with van der Waals surface area (Å²) in [6, 6.07) is 0. The van der Waals surface area contributed by atoms with E-state index in [-0.39, 0.29) is 0 Å². The molecule has 0 aromatic rings. The van der Waals surface area contributed by atoms with Crippen LogP contribution in [0.5, 0.6) is 0 Å². The number of Topliss-reactive ketones (excluding diaryl/α,β-unsaturated/α-hetero) is 1. The van der Waals surface area contributed by atoms with Gasteiger partial charge in [-0.2, -0.15) is 0 Å². The minimum atomic E-state index is 0.533. The van der Waals surface area contributed by atoms with Crippen LogP contribution >= 0.6 is 0 Å². The van der Waals surface area contributed by atoms with Crippen molar-refractivity contribution >= 4 is 5.78 Å². The highest BCUT2D eigenvalue weighted by atomic mass is 16.1. The Morgan fingerprint density at radius 1 is 0.647 bits per heavy atom. The molecule has 2 atom stereocenters. The van der Waals surface area contributed by atoms with E-state index >= 15 is 0 Å². The summed E-state index contributed by atoms with van der Waals surface area (Å²) >= 11 is 0. The number of rotatable bonds is 0. The van der Waals surface area contributed by atoms with Crippen LogP contribution in [0.25, 0.3) is 0 Å². The minimum absolute atomic E-state index is 0.533. The van der Waals surface area contributed by atoms with Crippen molar-refractivity contribution in [2.24, 2.45) is 11.8 Å². The van der Waals surface area contributed by atoms with Gasteiger partial charge in [-0.15, -0.1) is 0 Å². The van der Waals surface area contributed by atoms with Crippen LogP contribution in [0.3, 0.4) is 0 Å². The number of hydrogen-bond acceptors (Lipinski definition) is 1. The van der Waals surface area contributed by atoms with Gasteiger partial charge in [0.15, 0.2) is 0 Å². The van der Waals surface area contributed by atoms with E-state index in [4.69, 9.17) is 0 Å². The van der Waals surface area contributed by atoms with Gasteiger partial charge < -0.3 is 0 Å². The molecule has 0 bridgehead atoms. The van der Waals surface area contributed by atoms with Crippen LogP contribution in [0, 0.1) is 11.8 Å². The molecule has 0 N–H and O–H groups in total. The van der Waals surface area contributed by atoms with Crippen LogP contribution in [0.15, 0.2) is 0 Å². The fourth-order valence-corrected chi connectivity index (χ4v) is 3.28. The molecule has 2 aliphatic rings. The van der Waals surface area contributed by atoms with Crippen molar-refractivity contribution in [3.8, 4) is 0 Å². The zero-order chi connectivity index (χ0) is 11.9. The monoisotopic (exact) mass is 236 g/mol. The minimum Gasteiger partial charge on any atom is -0.300 e. The van der Waals surface area contributed by atoms with E-state index in [0.29, 0.717) is 5.78 Å². The molecule has 0 radical (unpaired) electrons. The van der Waals surface area contributed by atoms with Gasteiger partial charge in [0.05, 0.1) is 0 Å². The molecular formula is C16H28O. The molecule has 1 heteroatoms. The Bertz CT molecular complexity index is 234. The summed E-state index contributed by atoms with van der Waals surface area (Å²) in [6.07, 6.45) is 16.7. The summed E-state index contributed by atoms with van der Waals surface area (Å²) < 4.78 is 0. The lowest BCUT2D eigenvalue weighted by atomic mass is 10.0. The van der Waals surface area contributed by atoms with Gasteiger partial charge in [-0.25, -0.2) is 0 Å². The quantitative estimate of drug-likeness (QED) is 0.585. The summed E-state index contributed by atoms with van der Waals surface area (Å²) in [7, 11) is 0. The Balaban J connectivity index is 1.68. The zero-order valence-corrected chi connectivity index (χ0v) is 11.3. The average molecular weight is 236 g/mol. The smallest absolute Gasteiger partial charge is 0.132 e. The molecule has 2 fully saturated rings. The molecule has 2 rings (SSSR count). The van der Waals surface area contributed by atoms with Crippen molar-refractivity contribution in [3.05, 3.63) is 0 Å². The number of carbonyl (C=O) groups excluding carboxylic acids is 1. The number of ketones is 1. The van der Waals surface area contributed by atoms with E-state index in [1.165, 1.54) is 64.2 Å². The van der Waals surface area contributed by atoms with Gasteiger partial charge in [0.2, 0.25) is 0 Å². The van der Waals surface area contributed by atoms with Crippen molar-refractivity contribution in [2.45, 2.75) is 83.5 Å². The van der Waals surface area contributed by atoms with Gasteiger partial charge in [0.1, 0.15) is 5.78 Å². The van der Waals surface area contributed by atoms with Gasteiger partial charge in [0, 0.05) is 12.8 Å². The summed E-state index contributed by atoms with van der Waals surface area (Å²) in [5.41, 5.74) is 0. The van der Waals surface area contributed by atoms with Crippen LogP contribution in [0.2, 0.25) is 0 Å². The Morgan fingerprint density at radius 3 is 2.00 bits per heavy atom. The maximum atomic E-state index is 11.7. The Labute approximate surface area is 106 Å². The van der Waals surface area contributed by atoms with Gasteiger partial charge in [0.25, 0.3) is 0 Å². The van der Waals surface area contributed by atoms with Crippen molar-refractivity contribution in [2.75, 3.05) is 0 Å². The second kappa shape index (κ2) is 7.18. The first-order chi connectivity index (χ1) is 8.36. The molecule has 0 aromatic carbocycles. The fourth-order valence-electron chi connectivity index (χ4n) is 3.28. The summed E-state index contributed by atoms with van der Waals surface area (Å²) in [5.74, 6) is 2.45. The third-order valence-corrected chi connectivity index (χ3v) is 4.64. The zero-order valence-electron chi connectivity index (χ0n) is 11.3. The van der Waals surface area contributed by atoms with Gasteiger partial charge in [-0.05, 0) is 31.1 Å². The normalized spacial score (nSPS) is 33.3. The van der Waals surface area contributed by atoms with Crippen molar-refractivity contribution in [1.82, 2.24) is 0 Å². The van der Waals surface area contributed by atoms with E-state index in [9.17, 15) is 4.79 Å². The van der Waals surface area contributed by atoms with Gasteiger partial charge >= 0.3 is 0 Å².